The quantitative estimate of drug-likeness (QED) is 0.356. The Balaban J connectivity index is 1.89. The maximum Gasteiger partial charge on any atom is 0.225 e. The van der Waals surface area contributed by atoms with E-state index in [-0.39, 0.29) is 17.9 Å². The van der Waals surface area contributed by atoms with Crippen molar-refractivity contribution in [2.24, 2.45) is 10.9 Å². The molecule has 1 amide bonds. The number of aliphatic imine (C=N–C) groups is 1. The van der Waals surface area contributed by atoms with E-state index in [0.29, 0.717) is 19.8 Å². The van der Waals surface area contributed by atoms with Crippen LogP contribution in [0.5, 0.6) is 5.75 Å². The molecule has 1 unspecified atom stereocenters. The summed E-state index contributed by atoms with van der Waals surface area (Å²) in [6, 6.07) is 8.25. The summed E-state index contributed by atoms with van der Waals surface area (Å²) >= 11 is 0. The van der Waals surface area contributed by atoms with E-state index in [2.05, 4.69) is 17.6 Å². The number of rotatable bonds is 10. The van der Waals surface area contributed by atoms with Crippen LogP contribution < -0.4 is 15.4 Å². The second-order valence-electron chi connectivity index (χ2n) is 7.61. The molecule has 1 heterocycles. The van der Waals surface area contributed by atoms with Gasteiger partial charge in [0.15, 0.2) is 5.96 Å². The molecule has 0 spiro atoms. The highest BCUT2D eigenvalue weighted by molar-refractivity contribution is 5.81. The summed E-state index contributed by atoms with van der Waals surface area (Å²) in [4.78, 5) is 18.8. The summed E-state index contributed by atoms with van der Waals surface area (Å²) < 4.78 is 10.8. The van der Waals surface area contributed by atoms with Crippen molar-refractivity contribution in [3.8, 4) is 5.75 Å². The molecule has 1 saturated heterocycles. The minimum Gasteiger partial charge on any atom is -0.493 e. The number of amides is 1. The van der Waals surface area contributed by atoms with Crippen LogP contribution in [0.2, 0.25) is 0 Å². The Hall–Kier alpha value is -2.28. The first-order valence-electron chi connectivity index (χ1n) is 10.6. The van der Waals surface area contributed by atoms with Gasteiger partial charge >= 0.3 is 0 Å². The van der Waals surface area contributed by atoms with Crippen LogP contribution in [0.25, 0.3) is 0 Å². The molecular formula is C22H36N4O3. The van der Waals surface area contributed by atoms with Crippen LogP contribution in [-0.4, -0.2) is 62.8 Å². The van der Waals surface area contributed by atoms with Gasteiger partial charge in [-0.15, -0.1) is 0 Å². The highest BCUT2D eigenvalue weighted by Gasteiger charge is 2.27. The van der Waals surface area contributed by atoms with Crippen molar-refractivity contribution in [1.29, 1.82) is 0 Å². The maximum absolute atomic E-state index is 12.2. The smallest absolute Gasteiger partial charge is 0.225 e. The number of methoxy groups -OCH3 is 1. The highest BCUT2D eigenvalue weighted by Crippen LogP contribution is 2.15. The normalized spacial score (nSPS) is 16.9. The molecule has 1 aromatic rings. The molecule has 0 aliphatic carbocycles. The average Bonchev–Trinajstić information content (AvgIpc) is 3.17. The number of nitrogens with zero attached hydrogens (tertiary/aromatic N) is 2. The maximum atomic E-state index is 12.2. The minimum absolute atomic E-state index is 0.0413. The summed E-state index contributed by atoms with van der Waals surface area (Å²) in [5.41, 5.74) is 1.09. The van der Waals surface area contributed by atoms with Crippen LogP contribution in [0.15, 0.2) is 29.3 Å². The second kappa shape index (κ2) is 12.3. The van der Waals surface area contributed by atoms with Gasteiger partial charge in [-0.2, -0.15) is 0 Å². The Morgan fingerprint density at radius 3 is 2.90 bits per heavy atom. The van der Waals surface area contributed by atoms with Crippen molar-refractivity contribution < 1.29 is 14.3 Å². The highest BCUT2D eigenvalue weighted by atomic mass is 16.5. The number of nitrogens with one attached hydrogen (secondary N) is 2. The zero-order valence-electron chi connectivity index (χ0n) is 18.2. The third kappa shape index (κ3) is 7.93. The summed E-state index contributed by atoms with van der Waals surface area (Å²) in [5, 5.41) is 6.77. The van der Waals surface area contributed by atoms with Gasteiger partial charge in [0.25, 0.3) is 0 Å². The second-order valence-corrected chi connectivity index (χ2v) is 7.61. The molecule has 0 bridgehead atoms. The van der Waals surface area contributed by atoms with Crippen molar-refractivity contribution in [2.75, 3.05) is 40.0 Å². The fraction of sp³-hybridized carbons (Fsp3) is 0.636. The summed E-state index contributed by atoms with van der Waals surface area (Å²) in [7, 11) is 1.69. The third-order valence-electron chi connectivity index (χ3n) is 4.76. The molecule has 162 valence electrons. The molecule has 1 fully saturated rings. The molecule has 29 heavy (non-hydrogen) atoms. The molecule has 0 aromatic heterocycles. The lowest BCUT2D eigenvalue weighted by Gasteiger charge is -2.20. The third-order valence-corrected chi connectivity index (χ3v) is 4.76. The van der Waals surface area contributed by atoms with Crippen LogP contribution in [0.3, 0.4) is 0 Å². The molecule has 0 saturated carbocycles. The molecular weight excluding hydrogens is 368 g/mol. The van der Waals surface area contributed by atoms with Gasteiger partial charge in [-0.05, 0) is 31.0 Å². The van der Waals surface area contributed by atoms with E-state index in [1.807, 2.05) is 43.0 Å². The predicted molar refractivity (Wildman–Crippen MR) is 116 cm³/mol. The zero-order valence-corrected chi connectivity index (χ0v) is 18.2. The first-order chi connectivity index (χ1) is 14.0. The van der Waals surface area contributed by atoms with Gasteiger partial charge < -0.3 is 25.0 Å². The molecule has 2 N–H and O–H groups in total. The number of ether oxygens (including phenoxy) is 2. The number of benzene rings is 1. The first kappa shape index (κ1) is 23.0. The molecule has 1 aromatic carbocycles. The number of hydrogen-bond donors (Lipinski definition) is 2. The van der Waals surface area contributed by atoms with Gasteiger partial charge in [-0.3, -0.25) is 4.79 Å². The fourth-order valence-corrected chi connectivity index (χ4v) is 3.25. The topological polar surface area (TPSA) is 75.2 Å². The van der Waals surface area contributed by atoms with Crippen molar-refractivity contribution in [2.45, 2.75) is 46.2 Å². The molecule has 1 atom stereocenters. The Morgan fingerprint density at radius 2 is 2.17 bits per heavy atom. The molecule has 2 rings (SSSR count). The van der Waals surface area contributed by atoms with E-state index in [1.165, 1.54) is 0 Å². The van der Waals surface area contributed by atoms with Gasteiger partial charge in [0, 0.05) is 51.7 Å². The number of hydrogen-bond acceptors (Lipinski definition) is 4. The van der Waals surface area contributed by atoms with E-state index in [1.54, 1.807) is 7.11 Å². The van der Waals surface area contributed by atoms with Gasteiger partial charge in [0.05, 0.1) is 13.2 Å². The van der Waals surface area contributed by atoms with Crippen LogP contribution in [0.4, 0.5) is 0 Å². The monoisotopic (exact) mass is 404 g/mol. The molecule has 1 aliphatic rings. The van der Waals surface area contributed by atoms with Crippen LogP contribution in [-0.2, 0) is 16.1 Å². The van der Waals surface area contributed by atoms with Gasteiger partial charge in [-0.1, -0.05) is 26.0 Å². The standard InChI is InChI=1S/C22H36N4O3/c1-5-23-22(25-19-10-11-26(16-19)21(27)17(2)3)24-15-18-8-6-9-20(14-18)29-13-7-12-28-4/h6,8-9,14,17,19H,5,7,10-13,15-16H2,1-4H3,(H2,23,24,25). The van der Waals surface area contributed by atoms with E-state index in [0.717, 1.165) is 49.7 Å². The lowest BCUT2D eigenvalue weighted by atomic mass is 10.2. The van der Waals surface area contributed by atoms with Crippen molar-refractivity contribution >= 4 is 11.9 Å². The SMILES string of the molecule is CCNC(=NCc1cccc(OCCCOC)c1)NC1CCN(C(=O)C(C)C)C1. The van der Waals surface area contributed by atoms with E-state index < -0.39 is 0 Å². The van der Waals surface area contributed by atoms with Crippen molar-refractivity contribution in [1.82, 2.24) is 15.5 Å². The Labute approximate surface area is 174 Å². The average molecular weight is 405 g/mol. The minimum atomic E-state index is 0.0413. The van der Waals surface area contributed by atoms with Crippen LogP contribution >= 0.6 is 0 Å². The van der Waals surface area contributed by atoms with Crippen LogP contribution in [0, 0.1) is 5.92 Å². The molecule has 1 aliphatic heterocycles. The van der Waals surface area contributed by atoms with Crippen molar-refractivity contribution in [3.05, 3.63) is 29.8 Å². The number of carbonyl (C=O) groups excluding carboxylic acids is 1. The number of carbonyl (C=O) groups is 1. The lowest BCUT2D eigenvalue weighted by Crippen LogP contribution is -2.45. The summed E-state index contributed by atoms with van der Waals surface area (Å²) in [6.45, 7) is 10.2. The fourth-order valence-electron chi connectivity index (χ4n) is 3.25. The van der Waals surface area contributed by atoms with Gasteiger partial charge in [0.1, 0.15) is 5.75 Å². The van der Waals surface area contributed by atoms with E-state index >= 15 is 0 Å². The molecule has 7 nitrogen and oxygen atoms in total. The lowest BCUT2D eigenvalue weighted by molar-refractivity contribution is -0.133. The first-order valence-corrected chi connectivity index (χ1v) is 10.6. The summed E-state index contributed by atoms with van der Waals surface area (Å²) in [5.74, 6) is 1.89. The summed E-state index contributed by atoms with van der Waals surface area (Å²) in [6.07, 6.45) is 1.80. The largest absolute Gasteiger partial charge is 0.493 e. The Morgan fingerprint density at radius 1 is 1.34 bits per heavy atom. The number of guanidine groups is 1. The van der Waals surface area contributed by atoms with Gasteiger partial charge in [0.2, 0.25) is 5.91 Å². The Kier molecular flexibility index (Phi) is 9.77. The van der Waals surface area contributed by atoms with E-state index in [9.17, 15) is 4.79 Å². The Bertz CT molecular complexity index is 663. The van der Waals surface area contributed by atoms with Crippen molar-refractivity contribution in [3.63, 3.8) is 0 Å². The van der Waals surface area contributed by atoms with Gasteiger partial charge in [-0.25, -0.2) is 4.99 Å². The zero-order chi connectivity index (χ0) is 21.1. The molecule has 7 heteroatoms. The van der Waals surface area contributed by atoms with Crippen LogP contribution in [0.1, 0.15) is 39.2 Å². The predicted octanol–water partition coefficient (Wildman–Crippen LogP) is 2.41. The molecule has 0 radical (unpaired) electrons. The number of likely N-dealkylation sites (tertiary alicyclic amines) is 1. The van der Waals surface area contributed by atoms with E-state index in [4.69, 9.17) is 14.5 Å².